The van der Waals surface area contributed by atoms with E-state index in [1.165, 1.54) is 12.1 Å². The molecule has 0 aromatic heterocycles. The molecule has 0 spiro atoms. The molecule has 2 aromatic carbocycles. The van der Waals surface area contributed by atoms with Gasteiger partial charge in [-0.25, -0.2) is 0 Å². The van der Waals surface area contributed by atoms with Crippen LogP contribution < -0.4 is 10.5 Å². The number of ether oxygens (including phenoxy) is 1. The Balaban J connectivity index is 2.19. The third-order valence-electron chi connectivity index (χ3n) is 2.84. The van der Waals surface area contributed by atoms with Gasteiger partial charge in [0.15, 0.2) is 0 Å². The lowest BCUT2D eigenvalue weighted by Gasteiger charge is -2.18. The second-order valence-corrected chi connectivity index (χ2v) is 4.38. The first-order chi connectivity index (χ1) is 9.46. The summed E-state index contributed by atoms with van der Waals surface area (Å²) >= 11 is 0. The van der Waals surface area contributed by atoms with Crippen LogP contribution in [0, 0.1) is 0 Å². The maximum atomic E-state index is 12.3. The molecule has 106 valence electrons. The molecule has 0 aliphatic carbocycles. The summed E-state index contributed by atoms with van der Waals surface area (Å²) in [5, 5.41) is 0. The van der Waals surface area contributed by atoms with E-state index in [9.17, 15) is 13.2 Å². The Kier molecular flexibility index (Phi) is 4.29. The Bertz CT molecular complexity index is 555. The average Bonchev–Trinajstić information content (AvgIpc) is 2.38. The smallest absolute Gasteiger partial charge is 0.405 e. The molecule has 20 heavy (non-hydrogen) atoms. The van der Waals surface area contributed by atoms with Crippen molar-refractivity contribution in [2.24, 2.45) is 5.73 Å². The molecule has 0 radical (unpaired) electrons. The van der Waals surface area contributed by atoms with Crippen LogP contribution in [0.25, 0.3) is 0 Å². The molecule has 0 saturated heterocycles. The van der Waals surface area contributed by atoms with E-state index in [4.69, 9.17) is 5.73 Å². The van der Waals surface area contributed by atoms with Crippen molar-refractivity contribution in [3.8, 4) is 5.75 Å². The molecule has 1 unspecified atom stereocenters. The molecular weight excluding hydrogens is 267 g/mol. The maximum Gasteiger partial charge on any atom is 0.573 e. The van der Waals surface area contributed by atoms with Crippen molar-refractivity contribution in [3.05, 3.63) is 65.7 Å². The molecule has 0 bridgehead atoms. The topological polar surface area (TPSA) is 35.2 Å². The predicted molar refractivity (Wildman–Crippen MR) is 70.2 cm³/mol. The molecule has 0 aliphatic heterocycles. The molecule has 2 nitrogen and oxygen atoms in total. The van der Waals surface area contributed by atoms with Crippen LogP contribution in [0.3, 0.4) is 0 Å². The van der Waals surface area contributed by atoms with Crippen molar-refractivity contribution < 1.29 is 17.9 Å². The summed E-state index contributed by atoms with van der Waals surface area (Å²) in [5.74, 6) is -0.247. The Hall–Kier alpha value is -2.01. The van der Waals surface area contributed by atoms with Gasteiger partial charge in [-0.2, -0.15) is 0 Å². The Morgan fingerprint density at radius 2 is 1.55 bits per heavy atom. The van der Waals surface area contributed by atoms with Gasteiger partial charge in [-0.1, -0.05) is 48.5 Å². The summed E-state index contributed by atoms with van der Waals surface area (Å²) in [7, 11) is 0. The summed E-state index contributed by atoms with van der Waals surface area (Å²) < 4.78 is 41.1. The third-order valence-corrected chi connectivity index (χ3v) is 2.84. The van der Waals surface area contributed by atoms with Crippen molar-refractivity contribution >= 4 is 0 Å². The van der Waals surface area contributed by atoms with E-state index in [1.807, 2.05) is 30.3 Å². The highest BCUT2D eigenvalue weighted by atomic mass is 19.4. The number of halogens is 3. The summed E-state index contributed by atoms with van der Waals surface area (Å²) in [4.78, 5) is 0. The van der Waals surface area contributed by atoms with E-state index < -0.39 is 12.4 Å². The quantitative estimate of drug-likeness (QED) is 0.924. The number of rotatable bonds is 4. The van der Waals surface area contributed by atoms with Gasteiger partial charge in [0.05, 0.1) is 0 Å². The number of hydrogen-bond donors (Lipinski definition) is 1. The highest BCUT2D eigenvalue weighted by molar-refractivity contribution is 5.37. The van der Waals surface area contributed by atoms with Crippen LogP contribution in [-0.2, 0) is 6.42 Å². The molecule has 0 aliphatic rings. The van der Waals surface area contributed by atoms with Gasteiger partial charge in [-0.05, 0) is 18.1 Å². The van der Waals surface area contributed by atoms with Crippen molar-refractivity contribution in [1.82, 2.24) is 0 Å². The van der Waals surface area contributed by atoms with Crippen molar-refractivity contribution in [2.75, 3.05) is 0 Å². The van der Waals surface area contributed by atoms with Crippen LogP contribution in [-0.4, -0.2) is 6.36 Å². The van der Waals surface area contributed by atoms with Gasteiger partial charge >= 0.3 is 6.36 Å². The lowest BCUT2D eigenvalue weighted by Crippen LogP contribution is -2.21. The van der Waals surface area contributed by atoms with Crippen LogP contribution in [0.4, 0.5) is 13.2 Å². The summed E-state index contributed by atoms with van der Waals surface area (Å²) in [6, 6.07) is 14.7. The number of benzene rings is 2. The van der Waals surface area contributed by atoms with E-state index in [0.717, 1.165) is 5.56 Å². The lowest BCUT2D eigenvalue weighted by molar-refractivity contribution is -0.275. The first-order valence-corrected chi connectivity index (χ1v) is 6.10. The number of para-hydroxylation sites is 1. The molecule has 0 fully saturated rings. The minimum Gasteiger partial charge on any atom is -0.405 e. The zero-order valence-corrected chi connectivity index (χ0v) is 10.6. The van der Waals surface area contributed by atoms with Crippen molar-refractivity contribution in [1.29, 1.82) is 0 Å². The number of hydrogen-bond acceptors (Lipinski definition) is 2. The summed E-state index contributed by atoms with van der Waals surface area (Å²) in [6.45, 7) is 0. The largest absolute Gasteiger partial charge is 0.573 e. The second kappa shape index (κ2) is 5.96. The minimum atomic E-state index is -4.72. The monoisotopic (exact) mass is 281 g/mol. The molecular formula is C15H14F3NO. The molecule has 2 aromatic rings. The first-order valence-electron chi connectivity index (χ1n) is 6.10. The Morgan fingerprint density at radius 3 is 2.20 bits per heavy atom. The van der Waals surface area contributed by atoms with Crippen molar-refractivity contribution in [2.45, 2.75) is 18.8 Å². The van der Waals surface area contributed by atoms with Crippen LogP contribution in [0.5, 0.6) is 5.75 Å². The average molecular weight is 281 g/mol. The predicted octanol–water partition coefficient (Wildman–Crippen LogP) is 3.83. The standard InChI is InChI=1S/C15H14F3NO/c16-15(17,18)20-14-9-5-4-8-12(14)13(19)10-11-6-2-1-3-7-11/h1-9,13H,10,19H2. The summed E-state index contributed by atoms with van der Waals surface area (Å²) in [6.07, 6.45) is -4.28. The summed E-state index contributed by atoms with van der Waals surface area (Å²) in [5.41, 5.74) is 7.30. The van der Waals surface area contributed by atoms with E-state index in [0.29, 0.717) is 12.0 Å². The van der Waals surface area contributed by atoms with E-state index in [2.05, 4.69) is 4.74 Å². The van der Waals surface area contributed by atoms with E-state index >= 15 is 0 Å². The highest BCUT2D eigenvalue weighted by Gasteiger charge is 2.32. The maximum absolute atomic E-state index is 12.3. The van der Waals surface area contributed by atoms with Gasteiger partial charge in [-0.15, -0.1) is 13.2 Å². The van der Waals surface area contributed by atoms with Gasteiger partial charge in [0, 0.05) is 11.6 Å². The first kappa shape index (κ1) is 14.4. The molecule has 1 atom stereocenters. The van der Waals surface area contributed by atoms with Crippen molar-refractivity contribution in [3.63, 3.8) is 0 Å². The SMILES string of the molecule is NC(Cc1ccccc1)c1ccccc1OC(F)(F)F. The second-order valence-electron chi connectivity index (χ2n) is 4.38. The van der Waals surface area contributed by atoms with Gasteiger partial charge in [0.1, 0.15) is 5.75 Å². The minimum absolute atomic E-state index is 0.247. The zero-order valence-electron chi connectivity index (χ0n) is 10.6. The van der Waals surface area contributed by atoms with Crippen LogP contribution >= 0.6 is 0 Å². The molecule has 0 amide bonds. The molecule has 0 heterocycles. The normalized spacial score (nSPS) is 13.0. The van der Waals surface area contributed by atoms with Crippen LogP contribution in [0.1, 0.15) is 17.2 Å². The Labute approximate surface area is 115 Å². The van der Waals surface area contributed by atoms with Gasteiger partial charge in [0.2, 0.25) is 0 Å². The number of alkyl halides is 3. The zero-order chi connectivity index (χ0) is 14.6. The van der Waals surface area contributed by atoms with Gasteiger partial charge < -0.3 is 10.5 Å². The fourth-order valence-electron chi connectivity index (χ4n) is 1.98. The number of nitrogens with two attached hydrogens (primary N) is 1. The highest BCUT2D eigenvalue weighted by Crippen LogP contribution is 2.30. The van der Waals surface area contributed by atoms with Gasteiger partial charge in [-0.3, -0.25) is 0 Å². The molecule has 2 N–H and O–H groups in total. The van der Waals surface area contributed by atoms with Gasteiger partial charge in [0.25, 0.3) is 0 Å². The Morgan fingerprint density at radius 1 is 0.950 bits per heavy atom. The van der Waals surface area contributed by atoms with Crippen LogP contribution in [0.15, 0.2) is 54.6 Å². The molecule has 0 saturated carbocycles. The molecule has 5 heteroatoms. The lowest BCUT2D eigenvalue weighted by atomic mass is 9.99. The fourth-order valence-corrected chi connectivity index (χ4v) is 1.98. The van der Waals surface area contributed by atoms with E-state index in [1.54, 1.807) is 12.1 Å². The third kappa shape index (κ3) is 3.99. The van der Waals surface area contributed by atoms with E-state index in [-0.39, 0.29) is 5.75 Å². The fraction of sp³-hybridized carbons (Fsp3) is 0.200. The van der Waals surface area contributed by atoms with Crippen LogP contribution in [0.2, 0.25) is 0 Å². The molecule has 2 rings (SSSR count).